The van der Waals surface area contributed by atoms with Crippen LogP contribution in [0.1, 0.15) is 32.8 Å². The van der Waals surface area contributed by atoms with E-state index in [1.54, 1.807) is 0 Å². The molecule has 31 heavy (non-hydrogen) atoms. The minimum absolute atomic E-state index is 0.0981. The standard InChI is InChI=1S/C22H28F2N2O4S/c1-15(2)30-19-10-7-17(8-11-19)6-5-13-25-22(27)16(3)26(31(4,28)29)18-9-12-20(23)21(24)14-18/h7-12,14-16H,5-6,13H2,1-4H3,(H,25,27). The zero-order valence-electron chi connectivity index (χ0n) is 18.1. The van der Waals surface area contributed by atoms with Crippen molar-refractivity contribution >= 4 is 21.6 Å². The predicted molar refractivity (Wildman–Crippen MR) is 117 cm³/mol. The molecule has 2 rings (SSSR count). The number of ether oxygens (including phenoxy) is 1. The van der Waals surface area contributed by atoms with Crippen molar-refractivity contribution in [1.82, 2.24) is 5.32 Å². The molecule has 2 aromatic carbocycles. The molecule has 1 amide bonds. The zero-order chi connectivity index (χ0) is 23.2. The van der Waals surface area contributed by atoms with Gasteiger partial charge >= 0.3 is 0 Å². The van der Waals surface area contributed by atoms with Crippen LogP contribution in [0.2, 0.25) is 0 Å². The average molecular weight is 455 g/mol. The summed E-state index contributed by atoms with van der Waals surface area (Å²) in [6.07, 6.45) is 2.37. The van der Waals surface area contributed by atoms with Crippen LogP contribution in [0, 0.1) is 11.6 Å². The molecule has 0 aliphatic heterocycles. The molecule has 1 N–H and O–H groups in total. The van der Waals surface area contributed by atoms with E-state index in [2.05, 4.69) is 5.32 Å². The Kier molecular flexibility index (Phi) is 8.38. The largest absolute Gasteiger partial charge is 0.491 e. The summed E-state index contributed by atoms with van der Waals surface area (Å²) in [5.74, 6) is -2.03. The molecular weight excluding hydrogens is 426 g/mol. The maximum atomic E-state index is 13.6. The molecule has 0 aliphatic carbocycles. The molecule has 6 nitrogen and oxygen atoms in total. The van der Waals surface area contributed by atoms with Crippen molar-refractivity contribution in [3.8, 4) is 5.75 Å². The predicted octanol–water partition coefficient (Wildman–Crippen LogP) is 3.66. The first kappa shape index (κ1) is 24.6. The molecule has 0 aliphatic rings. The number of hydrogen-bond donors (Lipinski definition) is 1. The first-order valence-electron chi connectivity index (χ1n) is 9.97. The van der Waals surface area contributed by atoms with E-state index in [9.17, 15) is 22.0 Å². The van der Waals surface area contributed by atoms with E-state index in [-0.39, 0.29) is 11.8 Å². The Bertz CT molecular complexity index is 995. The second-order valence-electron chi connectivity index (χ2n) is 7.54. The number of hydrogen-bond acceptors (Lipinski definition) is 4. The third-order valence-electron chi connectivity index (χ3n) is 4.48. The van der Waals surface area contributed by atoms with Crippen LogP contribution in [-0.2, 0) is 21.2 Å². The highest BCUT2D eigenvalue weighted by Crippen LogP contribution is 2.23. The summed E-state index contributed by atoms with van der Waals surface area (Å²) >= 11 is 0. The average Bonchev–Trinajstić information content (AvgIpc) is 2.67. The lowest BCUT2D eigenvalue weighted by Crippen LogP contribution is -2.48. The Morgan fingerprint density at radius 2 is 1.71 bits per heavy atom. The fraction of sp³-hybridized carbons (Fsp3) is 0.409. The van der Waals surface area contributed by atoms with Crippen LogP contribution < -0.4 is 14.4 Å². The van der Waals surface area contributed by atoms with Gasteiger partial charge in [-0.3, -0.25) is 9.10 Å². The molecule has 0 saturated carbocycles. The summed E-state index contributed by atoms with van der Waals surface area (Å²) in [6, 6.07) is 9.26. The SMILES string of the molecule is CC(C)Oc1ccc(CCCNC(=O)C(C)N(c2ccc(F)c(F)c2)S(C)(=O)=O)cc1. The Hall–Kier alpha value is -2.68. The highest BCUT2D eigenvalue weighted by molar-refractivity contribution is 7.92. The summed E-state index contributed by atoms with van der Waals surface area (Å²) in [7, 11) is -3.91. The van der Waals surface area contributed by atoms with Gasteiger partial charge in [-0.2, -0.15) is 0 Å². The fourth-order valence-corrected chi connectivity index (χ4v) is 4.26. The van der Waals surface area contributed by atoms with E-state index in [1.165, 1.54) is 6.92 Å². The zero-order valence-corrected chi connectivity index (χ0v) is 18.9. The number of carbonyl (C=O) groups excluding carboxylic acids is 1. The van der Waals surface area contributed by atoms with Crippen LogP contribution >= 0.6 is 0 Å². The van der Waals surface area contributed by atoms with Crippen molar-refractivity contribution in [3.63, 3.8) is 0 Å². The number of nitrogens with one attached hydrogen (secondary N) is 1. The normalized spacial score (nSPS) is 12.5. The Morgan fingerprint density at radius 3 is 2.26 bits per heavy atom. The number of halogens is 2. The number of benzene rings is 2. The van der Waals surface area contributed by atoms with E-state index in [0.717, 1.165) is 46.5 Å². The smallest absolute Gasteiger partial charge is 0.243 e. The number of sulfonamides is 1. The first-order valence-corrected chi connectivity index (χ1v) is 11.8. The van der Waals surface area contributed by atoms with E-state index in [1.807, 2.05) is 38.1 Å². The fourth-order valence-electron chi connectivity index (χ4n) is 3.09. The van der Waals surface area contributed by atoms with Crippen molar-refractivity contribution < 1.29 is 26.7 Å². The van der Waals surface area contributed by atoms with Gasteiger partial charge in [0.15, 0.2) is 11.6 Å². The van der Waals surface area contributed by atoms with Crippen LogP contribution in [0.5, 0.6) is 5.75 Å². The molecule has 170 valence electrons. The quantitative estimate of drug-likeness (QED) is 0.556. The van der Waals surface area contributed by atoms with Gasteiger partial charge in [-0.25, -0.2) is 17.2 Å². The second kappa shape index (κ2) is 10.6. The number of nitrogens with zero attached hydrogens (tertiary/aromatic N) is 1. The maximum absolute atomic E-state index is 13.6. The van der Waals surface area contributed by atoms with Crippen molar-refractivity contribution in [3.05, 3.63) is 59.7 Å². The Balaban J connectivity index is 1.94. The minimum Gasteiger partial charge on any atom is -0.491 e. The lowest BCUT2D eigenvalue weighted by molar-refractivity contribution is -0.121. The molecule has 1 unspecified atom stereocenters. The van der Waals surface area contributed by atoms with Crippen LogP contribution in [0.15, 0.2) is 42.5 Å². The minimum atomic E-state index is -3.91. The lowest BCUT2D eigenvalue weighted by Gasteiger charge is -2.28. The second-order valence-corrected chi connectivity index (χ2v) is 9.40. The van der Waals surface area contributed by atoms with Gasteiger partial charge in [0, 0.05) is 12.6 Å². The molecule has 2 aromatic rings. The number of amides is 1. The van der Waals surface area contributed by atoms with Gasteiger partial charge in [0.05, 0.1) is 18.0 Å². The molecule has 0 saturated heterocycles. The van der Waals surface area contributed by atoms with Gasteiger partial charge in [-0.15, -0.1) is 0 Å². The van der Waals surface area contributed by atoms with Crippen molar-refractivity contribution in [1.29, 1.82) is 0 Å². The maximum Gasteiger partial charge on any atom is 0.243 e. The highest BCUT2D eigenvalue weighted by atomic mass is 32.2. The van der Waals surface area contributed by atoms with E-state index < -0.39 is 33.6 Å². The van der Waals surface area contributed by atoms with E-state index in [4.69, 9.17) is 4.74 Å². The topological polar surface area (TPSA) is 75.7 Å². The van der Waals surface area contributed by atoms with E-state index >= 15 is 0 Å². The summed E-state index contributed by atoms with van der Waals surface area (Å²) in [4.78, 5) is 12.5. The van der Waals surface area contributed by atoms with Gasteiger partial charge in [0.1, 0.15) is 11.8 Å². The number of anilines is 1. The first-order chi connectivity index (χ1) is 14.5. The number of aryl methyl sites for hydroxylation is 1. The van der Waals surface area contributed by atoms with Crippen molar-refractivity contribution in [2.24, 2.45) is 0 Å². The molecule has 1 atom stereocenters. The highest BCUT2D eigenvalue weighted by Gasteiger charge is 2.29. The van der Waals surface area contributed by atoms with Gasteiger partial charge < -0.3 is 10.1 Å². The summed E-state index contributed by atoms with van der Waals surface area (Å²) in [5.41, 5.74) is 0.964. The Labute approximate surface area is 182 Å². The number of carbonyl (C=O) groups is 1. The third kappa shape index (κ3) is 7.20. The molecule has 0 spiro atoms. The molecule has 0 bridgehead atoms. The summed E-state index contributed by atoms with van der Waals surface area (Å²) < 4.78 is 57.6. The van der Waals surface area contributed by atoms with Gasteiger partial charge in [-0.05, 0) is 63.4 Å². The third-order valence-corrected chi connectivity index (χ3v) is 5.72. The molecule has 0 heterocycles. The van der Waals surface area contributed by atoms with Crippen LogP contribution in [0.4, 0.5) is 14.5 Å². The van der Waals surface area contributed by atoms with Gasteiger partial charge in [0.2, 0.25) is 15.9 Å². The molecule has 0 radical (unpaired) electrons. The van der Waals surface area contributed by atoms with Crippen molar-refractivity contribution in [2.45, 2.75) is 45.8 Å². The molecule has 0 fully saturated rings. The summed E-state index contributed by atoms with van der Waals surface area (Å²) in [6.45, 7) is 5.64. The van der Waals surface area contributed by atoms with E-state index in [0.29, 0.717) is 13.0 Å². The van der Waals surface area contributed by atoms with Gasteiger partial charge in [0.25, 0.3) is 0 Å². The van der Waals surface area contributed by atoms with Crippen molar-refractivity contribution in [2.75, 3.05) is 17.1 Å². The molecule has 0 aromatic heterocycles. The lowest BCUT2D eigenvalue weighted by atomic mass is 10.1. The van der Waals surface area contributed by atoms with Crippen LogP contribution in [-0.4, -0.2) is 39.3 Å². The molecule has 9 heteroatoms. The van der Waals surface area contributed by atoms with Gasteiger partial charge in [-0.1, -0.05) is 12.1 Å². The monoisotopic (exact) mass is 454 g/mol. The number of rotatable bonds is 10. The van der Waals surface area contributed by atoms with Crippen LogP contribution in [0.25, 0.3) is 0 Å². The van der Waals surface area contributed by atoms with Crippen LogP contribution in [0.3, 0.4) is 0 Å². The summed E-state index contributed by atoms with van der Waals surface area (Å²) in [5, 5.41) is 2.70. The Morgan fingerprint density at radius 1 is 1.06 bits per heavy atom. The molecular formula is C22H28F2N2O4S.